The second-order valence-electron chi connectivity index (χ2n) is 5.65. The zero-order chi connectivity index (χ0) is 16.7. The molecule has 1 aromatic rings. The Kier molecular flexibility index (Phi) is 6.73. The van der Waals surface area contributed by atoms with Gasteiger partial charge in [0.15, 0.2) is 0 Å². The van der Waals surface area contributed by atoms with Crippen molar-refractivity contribution >= 4 is 29.4 Å². The number of thioether (sulfide) groups is 1. The van der Waals surface area contributed by atoms with Crippen molar-refractivity contribution in [3.05, 3.63) is 29.8 Å². The number of carbonyl (C=O) groups excluding carboxylic acids is 2. The molecule has 7 heteroatoms. The van der Waals surface area contributed by atoms with E-state index < -0.39 is 5.91 Å². The number of likely N-dealkylation sites (tertiary alicyclic amines) is 1. The van der Waals surface area contributed by atoms with E-state index in [4.69, 9.17) is 5.73 Å². The van der Waals surface area contributed by atoms with Crippen LogP contribution in [0.2, 0.25) is 0 Å². The van der Waals surface area contributed by atoms with Gasteiger partial charge in [-0.05, 0) is 37.3 Å². The molecular formula is C16H24N4O2S. The van der Waals surface area contributed by atoms with E-state index in [0.29, 0.717) is 11.3 Å². The molecule has 0 spiro atoms. The first-order valence-corrected chi connectivity index (χ1v) is 9.16. The van der Waals surface area contributed by atoms with Gasteiger partial charge in [0.05, 0.1) is 0 Å². The molecule has 2 rings (SSSR count). The van der Waals surface area contributed by atoms with Gasteiger partial charge in [-0.1, -0.05) is 6.07 Å². The number of amides is 3. The van der Waals surface area contributed by atoms with Crippen molar-refractivity contribution in [2.75, 3.05) is 37.0 Å². The van der Waals surface area contributed by atoms with Gasteiger partial charge in [0, 0.05) is 42.7 Å². The molecule has 1 aliphatic rings. The van der Waals surface area contributed by atoms with Crippen LogP contribution in [0, 0.1) is 0 Å². The van der Waals surface area contributed by atoms with Crippen LogP contribution < -0.4 is 16.4 Å². The molecule has 0 aliphatic carbocycles. The quantitative estimate of drug-likeness (QED) is 0.738. The van der Waals surface area contributed by atoms with Gasteiger partial charge >= 0.3 is 6.03 Å². The van der Waals surface area contributed by atoms with Gasteiger partial charge in [-0.2, -0.15) is 11.8 Å². The van der Waals surface area contributed by atoms with Crippen molar-refractivity contribution in [3.8, 4) is 0 Å². The van der Waals surface area contributed by atoms with Gasteiger partial charge < -0.3 is 21.3 Å². The molecule has 0 saturated carbocycles. The fourth-order valence-electron chi connectivity index (χ4n) is 2.62. The average Bonchev–Trinajstić information content (AvgIpc) is 2.54. The number of nitrogens with two attached hydrogens (primary N) is 1. The van der Waals surface area contributed by atoms with Gasteiger partial charge in [0.1, 0.15) is 0 Å². The highest BCUT2D eigenvalue weighted by Gasteiger charge is 2.20. The highest BCUT2D eigenvalue weighted by atomic mass is 32.2. The minimum Gasteiger partial charge on any atom is -0.366 e. The van der Waals surface area contributed by atoms with Gasteiger partial charge in [0.2, 0.25) is 5.91 Å². The summed E-state index contributed by atoms with van der Waals surface area (Å²) >= 11 is 1.86. The number of rotatable bonds is 6. The van der Waals surface area contributed by atoms with Crippen molar-refractivity contribution in [2.24, 2.45) is 5.73 Å². The molecule has 0 aromatic heterocycles. The van der Waals surface area contributed by atoms with E-state index in [1.165, 1.54) is 0 Å². The van der Waals surface area contributed by atoms with E-state index in [9.17, 15) is 9.59 Å². The zero-order valence-corrected chi connectivity index (χ0v) is 14.2. The minimum atomic E-state index is -0.508. The van der Waals surface area contributed by atoms with Crippen LogP contribution in [-0.4, -0.2) is 54.5 Å². The lowest BCUT2D eigenvalue weighted by Gasteiger charge is -2.32. The molecule has 0 unspecified atom stereocenters. The van der Waals surface area contributed by atoms with Gasteiger partial charge in [-0.3, -0.25) is 4.79 Å². The Morgan fingerprint density at radius 2 is 2.09 bits per heavy atom. The van der Waals surface area contributed by atoms with Crippen LogP contribution in [0.3, 0.4) is 0 Å². The van der Waals surface area contributed by atoms with Gasteiger partial charge in [-0.25, -0.2) is 4.79 Å². The summed E-state index contributed by atoms with van der Waals surface area (Å²) in [5, 5.41) is 5.75. The third-order valence-electron chi connectivity index (χ3n) is 3.94. The molecule has 1 aromatic carbocycles. The fourth-order valence-corrected chi connectivity index (χ4v) is 3.06. The maximum atomic E-state index is 12.1. The average molecular weight is 336 g/mol. The van der Waals surface area contributed by atoms with E-state index in [-0.39, 0.29) is 12.1 Å². The predicted octanol–water partition coefficient (Wildman–Crippen LogP) is 1.73. The summed E-state index contributed by atoms with van der Waals surface area (Å²) in [6.07, 6.45) is 4.04. The molecule has 0 bridgehead atoms. The summed E-state index contributed by atoms with van der Waals surface area (Å²) in [6.45, 7) is 3.14. The summed E-state index contributed by atoms with van der Waals surface area (Å²) in [5.74, 6) is 0.640. The largest absolute Gasteiger partial charge is 0.366 e. The summed E-state index contributed by atoms with van der Waals surface area (Å²) in [6, 6.07) is 6.58. The smallest absolute Gasteiger partial charge is 0.319 e. The highest BCUT2D eigenvalue weighted by Crippen LogP contribution is 2.13. The first-order chi connectivity index (χ1) is 11.1. The van der Waals surface area contributed by atoms with Crippen molar-refractivity contribution in [3.63, 3.8) is 0 Å². The van der Waals surface area contributed by atoms with Crippen LogP contribution in [0.15, 0.2) is 24.3 Å². The molecule has 23 heavy (non-hydrogen) atoms. The number of nitrogens with one attached hydrogen (secondary N) is 2. The Morgan fingerprint density at radius 1 is 1.35 bits per heavy atom. The van der Waals surface area contributed by atoms with E-state index in [1.54, 1.807) is 24.3 Å². The second kappa shape index (κ2) is 8.79. The van der Waals surface area contributed by atoms with Gasteiger partial charge in [0.25, 0.3) is 0 Å². The zero-order valence-electron chi connectivity index (χ0n) is 13.4. The van der Waals surface area contributed by atoms with Crippen molar-refractivity contribution in [1.82, 2.24) is 10.2 Å². The third kappa shape index (κ3) is 5.76. The third-order valence-corrected chi connectivity index (χ3v) is 4.53. The molecule has 0 atom stereocenters. The van der Waals surface area contributed by atoms with E-state index in [0.717, 1.165) is 38.2 Å². The number of anilines is 1. The topological polar surface area (TPSA) is 87.5 Å². The van der Waals surface area contributed by atoms with Crippen LogP contribution in [0.25, 0.3) is 0 Å². The molecule has 126 valence electrons. The van der Waals surface area contributed by atoms with E-state index >= 15 is 0 Å². The fraction of sp³-hybridized carbons (Fsp3) is 0.500. The maximum absolute atomic E-state index is 12.1. The molecular weight excluding hydrogens is 312 g/mol. The lowest BCUT2D eigenvalue weighted by molar-refractivity contribution is 0.1000. The van der Waals surface area contributed by atoms with Crippen molar-refractivity contribution < 1.29 is 9.59 Å². The van der Waals surface area contributed by atoms with E-state index in [1.807, 2.05) is 11.8 Å². The molecule has 6 nitrogen and oxygen atoms in total. The summed E-state index contributed by atoms with van der Waals surface area (Å²) in [5.41, 5.74) is 6.18. The lowest BCUT2D eigenvalue weighted by Crippen LogP contribution is -2.46. The standard InChI is InChI=1S/C16H24N4O2S/c1-23-10-9-20-7-5-13(6-8-20)18-16(22)19-14-4-2-3-12(11-14)15(17)21/h2-4,11,13H,5-10H2,1H3,(H2,17,21)(H2,18,19,22). The monoisotopic (exact) mass is 336 g/mol. The number of carbonyl (C=O) groups is 2. The number of benzene rings is 1. The SMILES string of the molecule is CSCCN1CCC(NC(=O)Nc2cccc(C(N)=O)c2)CC1. The van der Waals surface area contributed by atoms with Crippen LogP contribution >= 0.6 is 11.8 Å². The van der Waals surface area contributed by atoms with Crippen molar-refractivity contribution in [1.29, 1.82) is 0 Å². The number of piperidine rings is 1. The normalized spacial score (nSPS) is 16.0. The number of hydrogen-bond donors (Lipinski definition) is 3. The number of urea groups is 1. The van der Waals surface area contributed by atoms with Crippen LogP contribution in [0.1, 0.15) is 23.2 Å². The molecule has 1 aliphatic heterocycles. The minimum absolute atomic E-state index is 0.194. The Morgan fingerprint density at radius 3 is 2.74 bits per heavy atom. The predicted molar refractivity (Wildman–Crippen MR) is 95.0 cm³/mol. The lowest BCUT2D eigenvalue weighted by atomic mass is 10.1. The maximum Gasteiger partial charge on any atom is 0.319 e. The number of primary amides is 1. The summed E-state index contributed by atoms with van der Waals surface area (Å²) in [4.78, 5) is 25.6. The Balaban J connectivity index is 1.77. The van der Waals surface area contributed by atoms with Crippen LogP contribution in [0.5, 0.6) is 0 Å². The molecule has 1 heterocycles. The molecule has 0 radical (unpaired) electrons. The second-order valence-corrected chi connectivity index (χ2v) is 6.64. The molecule has 1 fully saturated rings. The Bertz CT molecular complexity index is 545. The van der Waals surface area contributed by atoms with Crippen LogP contribution in [0.4, 0.5) is 10.5 Å². The molecule has 3 amide bonds. The molecule has 1 saturated heterocycles. The number of hydrogen-bond acceptors (Lipinski definition) is 4. The summed E-state index contributed by atoms with van der Waals surface area (Å²) in [7, 11) is 0. The van der Waals surface area contributed by atoms with Gasteiger partial charge in [-0.15, -0.1) is 0 Å². The molecule has 4 N–H and O–H groups in total. The summed E-state index contributed by atoms with van der Waals surface area (Å²) < 4.78 is 0. The van der Waals surface area contributed by atoms with E-state index in [2.05, 4.69) is 21.8 Å². The Hall–Kier alpha value is -1.73. The first-order valence-electron chi connectivity index (χ1n) is 7.77. The first kappa shape index (κ1) is 17.6. The highest BCUT2D eigenvalue weighted by molar-refractivity contribution is 7.98. The Labute approximate surface area is 141 Å². The number of nitrogens with zero attached hydrogens (tertiary/aromatic N) is 1. The van der Waals surface area contributed by atoms with Crippen LogP contribution in [-0.2, 0) is 0 Å². The van der Waals surface area contributed by atoms with Crippen molar-refractivity contribution in [2.45, 2.75) is 18.9 Å².